The second-order valence-corrected chi connectivity index (χ2v) is 18.2. The van der Waals surface area contributed by atoms with Gasteiger partial charge in [-0.15, -0.1) is 0 Å². The number of aryl methyl sites for hydroxylation is 1. The first-order chi connectivity index (χ1) is 33.8. The number of esters is 2. The van der Waals surface area contributed by atoms with E-state index in [0.29, 0.717) is 27.9 Å². The lowest BCUT2D eigenvalue weighted by Crippen LogP contribution is -2.16. The number of hydrogen-bond donors (Lipinski definition) is 0. The molecular formula is C60H53NO8S. The fourth-order valence-corrected chi connectivity index (χ4v) is 9.12. The highest BCUT2D eigenvalue weighted by atomic mass is 32.2. The zero-order valence-corrected chi connectivity index (χ0v) is 40.9. The van der Waals surface area contributed by atoms with Gasteiger partial charge in [0.2, 0.25) is 11.1 Å². The molecule has 0 fully saturated rings. The molecule has 352 valence electrons. The monoisotopic (exact) mass is 947 g/mol. The zero-order chi connectivity index (χ0) is 49.4. The molecule has 1 atom stereocenters. The summed E-state index contributed by atoms with van der Waals surface area (Å²) >= 11 is -1.63. The molecule has 10 heteroatoms. The van der Waals surface area contributed by atoms with Gasteiger partial charge in [0.15, 0.2) is 0 Å². The lowest BCUT2D eigenvalue weighted by Gasteiger charge is -2.28. The van der Waals surface area contributed by atoms with Gasteiger partial charge in [0.25, 0.3) is 0 Å². The predicted octanol–water partition coefficient (Wildman–Crippen LogP) is 14.0. The standard InChI is InChI=1S/C45H39NO3.C15H14O5S/c1-30-10-18-35(19-11-30)46(37-22-27-41-40-8-6-7-9-43(40)45(3,4)44(41)29-37)36-20-12-32(13-21-36)28-42(33-14-23-38(48-5)24-15-33)34-16-25-39(26-17-34)49-31(2)47;1-11(16)19-13-3-5-14(6-4-13)20-21(17)15-9-7-12(18-2)8-10-15/h6-29H,1-5H3;3-10H,1-2H3/b42-28-;. The fourth-order valence-electron chi connectivity index (χ4n) is 8.38. The smallest absolute Gasteiger partial charge is 0.308 e. The lowest BCUT2D eigenvalue weighted by molar-refractivity contribution is -0.132. The highest BCUT2D eigenvalue weighted by Gasteiger charge is 2.35. The van der Waals surface area contributed by atoms with Gasteiger partial charge < -0.3 is 28.0 Å². The van der Waals surface area contributed by atoms with Crippen LogP contribution >= 0.6 is 0 Å². The van der Waals surface area contributed by atoms with E-state index >= 15 is 0 Å². The lowest BCUT2D eigenvalue weighted by atomic mass is 9.82. The van der Waals surface area contributed by atoms with Crippen molar-refractivity contribution >= 4 is 51.7 Å². The Morgan fingerprint density at radius 2 is 0.971 bits per heavy atom. The molecule has 0 saturated carbocycles. The highest BCUT2D eigenvalue weighted by molar-refractivity contribution is 7.80. The SMILES string of the molecule is COc1ccc(/C(=C/c2ccc(N(c3ccc(C)cc3)c3ccc4c(c3)C(C)(C)c3ccccc3-4)cc2)c2ccc(OC(C)=O)cc2)cc1.COc1ccc(S(=O)Oc2ccc(OC(C)=O)cc2)cc1. The summed E-state index contributed by atoms with van der Waals surface area (Å²) in [6, 6.07) is 61.8. The Labute approximate surface area is 412 Å². The summed E-state index contributed by atoms with van der Waals surface area (Å²) in [6.07, 6.45) is 2.19. The summed E-state index contributed by atoms with van der Waals surface area (Å²) in [5, 5.41) is 0. The minimum Gasteiger partial charge on any atom is -0.497 e. The molecule has 0 radical (unpaired) electrons. The third kappa shape index (κ3) is 11.2. The van der Waals surface area contributed by atoms with Crippen molar-refractivity contribution < 1.29 is 36.9 Å². The second-order valence-electron chi connectivity index (χ2n) is 17.1. The number of methoxy groups -OCH3 is 2. The number of carbonyl (C=O) groups excluding carboxylic acids is 2. The van der Waals surface area contributed by atoms with Gasteiger partial charge in [-0.1, -0.05) is 98.3 Å². The molecule has 0 heterocycles. The predicted molar refractivity (Wildman–Crippen MR) is 279 cm³/mol. The summed E-state index contributed by atoms with van der Waals surface area (Å²) in [7, 11) is 3.23. The molecular weight excluding hydrogens is 895 g/mol. The third-order valence-electron chi connectivity index (χ3n) is 11.9. The van der Waals surface area contributed by atoms with Crippen molar-refractivity contribution in [2.45, 2.75) is 44.9 Å². The van der Waals surface area contributed by atoms with Crippen LogP contribution in [0.1, 0.15) is 61.1 Å². The van der Waals surface area contributed by atoms with Crippen LogP contribution in [0, 0.1) is 6.92 Å². The van der Waals surface area contributed by atoms with Crippen molar-refractivity contribution in [2.24, 2.45) is 0 Å². The van der Waals surface area contributed by atoms with E-state index in [1.54, 1.807) is 62.8 Å². The van der Waals surface area contributed by atoms with Gasteiger partial charge >= 0.3 is 11.9 Å². The molecule has 0 spiro atoms. The van der Waals surface area contributed by atoms with E-state index in [0.717, 1.165) is 45.1 Å². The summed E-state index contributed by atoms with van der Waals surface area (Å²) in [6.45, 7) is 9.49. The molecule has 70 heavy (non-hydrogen) atoms. The maximum atomic E-state index is 12.0. The minimum atomic E-state index is -1.63. The largest absolute Gasteiger partial charge is 0.497 e. The molecule has 1 aliphatic rings. The molecule has 0 saturated heterocycles. The van der Waals surface area contributed by atoms with E-state index in [2.05, 4.69) is 135 Å². The number of carbonyl (C=O) groups is 2. The minimum absolute atomic E-state index is 0.0935. The first-order valence-electron chi connectivity index (χ1n) is 22.7. The van der Waals surface area contributed by atoms with Gasteiger partial charge in [-0.05, 0) is 167 Å². The highest BCUT2D eigenvalue weighted by Crippen LogP contribution is 2.50. The second kappa shape index (κ2) is 21.4. The Morgan fingerprint density at radius 1 is 0.514 bits per heavy atom. The number of fused-ring (bicyclic) bond motifs is 3. The van der Waals surface area contributed by atoms with Crippen molar-refractivity contribution in [3.8, 4) is 39.9 Å². The zero-order valence-electron chi connectivity index (χ0n) is 40.1. The fraction of sp³-hybridized carbons (Fsp3) is 0.133. The van der Waals surface area contributed by atoms with Crippen LogP contribution in [0.25, 0.3) is 22.8 Å². The Hall–Kier alpha value is -8.21. The summed E-state index contributed by atoms with van der Waals surface area (Å²) in [4.78, 5) is 25.2. The van der Waals surface area contributed by atoms with Crippen molar-refractivity contribution in [3.05, 3.63) is 221 Å². The number of benzene rings is 8. The van der Waals surface area contributed by atoms with Gasteiger partial charge in [0.1, 0.15) is 28.7 Å². The molecule has 1 aliphatic carbocycles. The molecule has 8 aromatic carbocycles. The maximum absolute atomic E-state index is 12.0. The number of hydrogen-bond acceptors (Lipinski definition) is 9. The van der Waals surface area contributed by atoms with E-state index in [9.17, 15) is 13.8 Å². The van der Waals surface area contributed by atoms with Crippen LogP contribution in [0.3, 0.4) is 0 Å². The van der Waals surface area contributed by atoms with Crippen molar-refractivity contribution in [2.75, 3.05) is 19.1 Å². The molecule has 1 unspecified atom stereocenters. The Kier molecular flexibility index (Phi) is 14.7. The van der Waals surface area contributed by atoms with Gasteiger partial charge in [-0.3, -0.25) is 9.59 Å². The van der Waals surface area contributed by atoms with Gasteiger partial charge in [0, 0.05) is 36.3 Å². The molecule has 0 aromatic heterocycles. The molecule has 0 N–H and O–H groups in total. The number of rotatable bonds is 13. The molecule has 8 aromatic rings. The molecule has 9 rings (SSSR count). The Bertz CT molecular complexity index is 3160. The first kappa shape index (κ1) is 48.3. The average molecular weight is 948 g/mol. The van der Waals surface area contributed by atoms with Gasteiger partial charge in [-0.2, -0.15) is 0 Å². The maximum Gasteiger partial charge on any atom is 0.308 e. The van der Waals surface area contributed by atoms with Crippen molar-refractivity contribution in [3.63, 3.8) is 0 Å². The van der Waals surface area contributed by atoms with Gasteiger partial charge in [-0.25, -0.2) is 4.21 Å². The molecule has 9 nitrogen and oxygen atoms in total. The molecule has 0 bridgehead atoms. The quantitative estimate of drug-likeness (QED) is 0.0635. The van der Waals surface area contributed by atoms with Crippen LogP contribution in [0.5, 0.6) is 28.7 Å². The van der Waals surface area contributed by atoms with Crippen molar-refractivity contribution in [1.82, 2.24) is 0 Å². The van der Waals surface area contributed by atoms with E-state index < -0.39 is 17.0 Å². The third-order valence-corrected chi connectivity index (χ3v) is 12.9. The molecule has 0 aliphatic heterocycles. The number of anilines is 3. The van der Waals surface area contributed by atoms with Crippen LogP contribution in [-0.4, -0.2) is 30.4 Å². The van der Waals surface area contributed by atoms with E-state index in [1.807, 2.05) is 36.4 Å². The Morgan fingerprint density at radius 3 is 1.51 bits per heavy atom. The van der Waals surface area contributed by atoms with E-state index in [1.165, 1.54) is 41.7 Å². The summed E-state index contributed by atoms with van der Waals surface area (Å²) < 4.78 is 38.0. The summed E-state index contributed by atoms with van der Waals surface area (Å²) in [5.74, 6) is 2.08. The number of ether oxygens (including phenoxy) is 4. The molecule has 0 amide bonds. The Balaban J connectivity index is 0.000000262. The first-order valence-corrected chi connectivity index (χ1v) is 23.8. The van der Waals surface area contributed by atoms with Crippen LogP contribution in [0.2, 0.25) is 0 Å². The van der Waals surface area contributed by atoms with Gasteiger partial charge in [0.05, 0.1) is 19.1 Å². The topological polar surface area (TPSA) is 101 Å². The van der Waals surface area contributed by atoms with Crippen molar-refractivity contribution in [1.29, 1.82) is 0 Å². The number of nitrogens with zero attached hydrogens (tertiary/aromatic N) is 1. The van der Waals surface area contributed by atoms with Crippen LogP contribution in [0.4, 0.5) is 17.1 Å². The van der Waals surface area contributed by atoms with E-state index in [4.69, 9.17) is 23.1 Å². The van der Waals surface area contributed by atoms with Crippen LogP contribution < -0.4 is 28.0 Å². The normalized spacial score (nSPS) is 12.5. The van der Waals surface area contributed by atoms with Crippen LogP contribution in [0.15, 0.2) is 193 Å². The average Bonchev–Trinajstić information content (AvgIpc) is 3.60. The summed E-state index contributed by atoms with van der Waals surface area (Å²) in [5.41, 5.74) is 13.9. The van der Waals surface area contributed by atoms with Crippen LogP contribution in [-0.2, 0) is 26.1 Å². The van der Waals surface area contributed by atoms with E-state index in [-0.39, 0.29) is 11.4 Å².